The number of carbonyl (C=O) groups is 2. The van der Waals surface area contributed by atoms with Crippen molar-refractivity contribution in [3.63, 3.8) is 0 Å². The Morgan fingerprint density at radius 3 is 1.09 bits per heavy atom. The lowest BCUT2D eigenvalue weighted by atomic mass is 10.1. The fourth-order valence-corrected chi connectivity index (χ4v) is 2.29. The summed E-state index contributed by atoms with van der Waals surface area (Å²) < 4.78 is 177. The third-order valence-corrected chi connectivity index (χ3v) is 3.94. The van der Waals surface area contributed by atoms with Crippen LogP contribution in [0.15, 0.2) is 22.7 Å². The third-order valence-electron chi connectivity index (χ3n) is 3.48. The molecule has 0 atom stereocenters. The van der Waals surface area contributed by atoms with Gasteiger partial charge in [0.15, 0.2) is 0 Å². The molecule has 1 aromatic rings. The zero-order valence-corrected chi connectivity index (χ0v) is 16.3. The lowest BCUT2D eigenvalue weighted by Crippen LogP contribution is -2.58. The summed E-state index contributed by atoms with van der Waals surface area (Å²) in [6, 6.07) is 1.07. The molecule has 0 saturated heterocycles. The van der Waals surface area contributed by atoms with E-state index in [0.717, 1.165) is 10.6 Å². The Bertz CT molecular complexity index is 855. The average molecular weight is 579 g/mol. The SMILES string of the molecule is O=C(Nc1cc(Br)cc(NC(=O)C(F)(F)C(F)(F)C(F)(F)F)c1)C(F)(F)C(F)(F)C(F)(F)F. The van der Waals surface area contributed by atoms with Crippen molar-refractivity contribution in [2.45, 2.75) is 36.0 Å². The van der Waals surface area contributed by atoms with Crippen LogP contribution in [0.3, 0.4) is 0 Å². The number of anilines is 2. The minimum absolute atomic E-state index is 0.101. The lowest BCUT2D eigenvalue weighted by Gasteiger charge is -2.27. The van der Waals surface area contributed by atoms with Gasteiger partial charge in [-0.3, -0.25) is 9.59 Å². The highest BCUT2D eigenvalue weighted by molar-refractivity contribution is 9.10. The molecule has 33 heavy (non-hydrogen) atoms. The molecule has 19 heteroatoms. The molecular formula is C14H5BrF14N2O2. The molecule has 0 aliphatic heterocycles. The van der Waals surface area contributed by atoms with Crippen molar-refractivity contribution in [2.24, 2.45) is 0 Å². The third kappa shape index (κ3) is 5.26. The van der Waals surface area contributed by atoms with Gasteiger partial charge in [-0.1, -0.05) is 15.9 Å². The van der Waals surface area contributed by atoms with Crippen molar-refractivity contribution in [2.75, 3.05) is 10.6 Å². The second-order valence-electron chi connectivity index (χ2n) is 5.93. The van der Waals surface area contributed by atoms with Crippen molar-refractivity contribution in [3.8, 4) is 0 Å². The van der Waals surface area contributed by atoms with Crippen molar-refractivity contribution in [3.05, 3.63) is 22.7 Å². The number of rotatable bonds is 6. The average Bonchev–Trinajstić information content (AvgIpc) is 2.58. The van der Waals surface area contributed by atoms with Gasteiger partial charge in [0.2, 0.25) is 0 Å². The Morgan fingerprint density at radius 2 is 0.848 bits per heavy atom. The fourth-order valence-electron chi connectivity index (χ4n) is 1.79. The minimum atomic E-state index is -6.89. The highest BCUT2D eigenvalue weighted by Gasteiger charge is 2.77. The summed E-state index contributed by atoms with van der Waals surface area (Å²) in [6.45, 7) is 0. The summed E-state index contributed by atoms with van der Waals surface area (Å²) in [5, 5.41) is 1.68. The van der Waals surface area contributed by atoms with E-state index >= 15 is 0 Å². The molecule has 0 unspecified atom stereocenters. The van der Waals surface area contributed by atoms with Crippen molar-refractivity contribution >= 4 is 39.1 Å². The summed E-state index contributed by atoms with van der Waals surface area (Å²) in [5.41, 5.74) is -2.37. The van der Waals surface area contributed by atoms with Gasteiger partial charge in [-0.15, -0.1) is 0 Å². The Kier molecular flexibility index (Phi) is 7.36. The zero-order valence-electron chi connectivity index (χ0n) is 14.7. The predicted octanol–water partition coefficient (Wildman–Crippen LogP) is 5.99. The number of nitrogens with one attached hydrogen (secondary N) is 2. The Morgan fingerprint density at radius 1 is 0.576 bits per heavy atom. The van der Waals surface area contributed by atoms with Crippen LogP contribution in [0.5, 0.6) is 0 Å². The van der Waals surface area contributed by atoms with E-state index in [1.165, 1.54) is 0 Å². The maximum atomic E-state index is 13.3. The van der Waals surface area contributed by atoms with Crippen molar-refractivity contribution in [1.82, 2.24) is 0 Å². The molecule has 0 aliphatic carbocycles. The Labute approximate surface area is 180 Å². The van der Waals surface area contributed by atoms with Gasteiger partial charge < -0.3 is 10.6 Å². The van der Waals surface area contributed by atoms with E-state index in [9.17, 15) is 71.1 Å². The summed E-state index contributed by atoms with van der Waals surface area (Å²) in [7, 11) is 0. The van der Waals surface area contributed by atoms with E-state index in [2.05, 4.69) is 15.9 Å². The highest BCUT2D eigenvalue weighted by Crippen LogP contribution is 2.48. The Balaban J connectivity index is 3.23. The van der Waals surface area contributed by atoms with Crippen LogP contribution in [0.2, 0.25) is 0 Å². The van der Waals surface area contributed by atoms with Crippen LogP contribution < -0.4 is 10.6 Å². The van der Waals surface area contributed by atoms with Crippen LogP contribution in [0.25, 0.3) is 0 Å². The fraction of sp³-hybridized carbons (Fsp3) is 0.429. The second-order valence-corrected chi connectivity index (χ2v) is 6.85. The molecular weight excluding hydrogens is 574 g/mol. The first kappa shape index (κ1) is 28.7. The van der Waals surface area contributed by atoms with Gasteiger partial charge in [-0.2, -0.15) is 61.5 Å². The summed E-state index contributed by atoms with van der Waals surface area (Å²) in [4.78, 5) is 22.6. The topological polar surface area (TPSA) is 58.2 Å². The molecule has 4 nitrogen and oxygen atoms in total. The van der Waals surface area contributed by atoms with E-state index in [1.807, 2.05) is 0 Å². The molecule has 1 aromatic carbocycles. The molecule has 0 spiro atoms. The first-order valence-corrected chi connectivity index (χ1v) is 8.27. The predicted molar refractivity (Wildman–Crippen MR) is 83.3 cm³/mol. The number of alkyl halides is 14. The molecule has 0 aromatic heterocycles. The molecule has 0 saturated carbocycles. The molecule has 0 aliphatic rings. The normalized spacial score (nSPS) is 14.2. The smallest absolute Gasteiger partial charge is 0.321 e. The number of benzene rings is 1. The van der Waals surface area contributed by atoms with E-state index in [-0.39, 0.29) is 6.07 Å². The number of amides is 2. The van der Waals surface area contributed by atoms with Gasteiger partial charge in [0, 0.05) is 15.8 Å². The largest absolute Gasteiger partial charge is 0.460 e. The standard InChI is InChI=1S/C14H5BrF14N2O2/c15-4-1-5(30-7(32)9(16,17)11(20,21)13(24,25)26)3-6(2-4)31-8(33)10(18,19)12(22,23)14(27,28)29/h1-3H,(H,30,32)(H,31,33). The Hall–Kier alpha value is -2.34. The van der Waals surface area contributed by atoms with Crippen LogP contribution >= 0.6 is 15.9 Å². The molecule has 188 valence electrons. The number of halogens is 15. The first-order chi connectivity index (χ1) is 14.4. The minimum Gasteiger partial charge on any atom is -0.321 e. The number of hydrogen-bond acceptors (Lipinski definition) is 2. The number of hydrogen-bond donors (Lipinski definition) is 2. The van der Waals surface area contributed by atoms with Gasteiger partial charge in [-0.25, -0.2) is 0 Å². The second kappa shape index (κ2) is 8.46. The van der Waals surface area contributed by atoms with Crippen LogP contribution in [-0.2, 0) is 9.59 Å². The molecule has 2 amide bonds. The van der Waals surface area contributed by atoms with Gasteiger partial charge in [-0.05, 0) is 18.2 Å². The molecule has 0 bridgehead atoms. The highest BCUT2D eigenvalue weighted by atomic mass is 79.9. The summed E-state index contributed by atoms with van der Waals surface area (Å²) >= 11 is 2.50. The molecule has 0 radical (unpaired) electrons. The monoisotopic (exact) mass is 578 g/mol. The molecule has 0 heterocycles. The van der Waals surface area contributed by atoms with Gasteiger partial charge in [0.25, 0.3) is 0 Å². The summed E-state index contributed by atoms with van der Waals surface area (Å²) in [5.74, 6) is -33.1. The molecule has 0 fully saturated rings. The maximum absolute atomic E-state index is 13.3. The van der Waals surface area contributed by atoms with E-state index < -0.39 is 63.7 Å². The van der Waals surface area contributed by atoms with E-state index in [4.69, 9.17) is 0 Å². The molecule has 1 rings (SSSR count). The van der Waals surface area contributed by atoms with Crippen LogP contribution in [0, 0.1) is 0 Å². The maximum Gasteiger partial charge on any atom is 0.460 e. The van der Waals surface area contributed by atoms with Crippen LogP contribution in [0.1, 0.15) is 0 Å². The van der Waals surface area contributed by atoms with Gasteiger partial charge in [0.1, 0.15) is 0 Å². The molecule has 2 N–H and O–H groups in total. The van der Waals surface area contributed by atoms with E-state index in [0.29, 0.717) is 12.1 Å². The number of carbonyl (C=O) groups excluding carboxylic acids is 2. The zero-order chi connectivity index (χ0) is 26.4. The lowest BCUT2D eigenvalue weighted by molar-refractivity contribution is -0.343. The van der Waals surface area contributed by atoms with Crippen LogP contribution in [0.4, 0.5) is 72.8 Å². The summed E-state index contributed by atoms with van der Waals surface area (Å²) in [6.07, 6.45) is -13.8. The van der Waals surface area contributed by atoms with Gasteiger partial charge in [0.05, 0.1) is 0 Å². The first-order valence-electron chi connectivity index (χ1n) is 7.48. The van der Waals surface area contributed by atoms with Crippen molar-refractivity contribution < 1.29 is 71.1 Å². The van der Waals surface area contributed by atoms with Gasteiger partial charge >= 0.3 is 47.9 Å². The van der Waals surface area contributed by atoms with Crippen molar-refractivity contribution in [1.29, 1.82) is 0 Å². The van der Waals surface area contributed by atoms with E-state index in [1.54, 1.807) is 0 Å². The van der Waals surface area contributed by atoms with Crippen LogP contribution in [-0.4, -0.2) is 47.9 Å². The quantitative estimate of drug-likeness (QED) is 0.407.